The number of para-hydroxylation sites is 1. The average Bonchev–Trinajstić information content (AvgIpc) is 2.69. The van der Waals surface area contributed by atoms with Crippen molar-refractivity contribution in [2.24, 2.45) is 0 Å². The fourth-order valence-corrected chi connectivity index (χ4v) is 2.52. The highest BCUT2D eigenvalue weighted by Gasteiger charge is 2.08. The second-order valence-electron chi connectivity index (χ2n) is 5.54. The first kappa shape index (κ1) is 16.8. The quantitative estimate of drug-likeness (QED) is 0.525. The molecule has 0 N–H and O–H groups in total. The molecule has 126 valence electrons. The lowest BCUT2D eigenvalue weighted by atomic mass is 10.1. The molecule has 0 fully saturated rings. The molecule has 0 atom stereocenters. The zero-order chi connectivity index (χ0) is 17.5. The monoisotopic (exact) mass is 331 g/mol. The van der Waals surface area contributed by atoms with Crippen molar-refractivity contribution >= 4 is 17.5 Å². The van der Waals surface area contributed by atoms with Crippen molar-refractivity contribution in [3.63, 3.8) is 0 Å². The highest BCUT2D eigenvalue weighted by atomic mass is 16.7. The number of hydrogen-bond donors (Lipinski definition) is 0. The van der Waals surface area contributed by atoms with Gasteiger partial charge in [0.25, 0.3) is 0 Å². The van der Waals surface area contributed by atoms with Crippen molar-refractivity contribution in [1.29, 1.82) is 0 Å². The summed E-state index contributed by atoms with van der Waals surface area (Å²) in [5, 5.41) is 1.78. The number of anilines is 2. The van der Waals surface area contributed by atoms with E-state index in [0.29, 0.717) is 6.61 Å². The Morgan fingerprint density at radius 3 is 2.08 bits per heavy atom. The number of rotatable bonds is 7. The van der Waals surface area contributed by atoms with Crippen LogP contribution in [0.5, 0.6) is 5.75 Å². The van der Waals surface area contributed by atoms with Gasteiger partial charge >= 0.3 is 0 Å². The molecule has 0 saturated carbocycles. The fourth-order valence-electron chi connectivity index (χ4n) is 2.52. The number of nitrogens with zero attached hydrogens (tertiary/aromatic N) is 1. The van der Waals surface area contributed by atoms with Crippen LogP contribution in [-0.2, 0) is 11.4 Å². The summed E-state index contributed by atoms with van der Waals surface area (Å²) in [6, 6.07) is 26.0. The smallest absolute Gasteiger partial charge is 0.119 e. The van der Waals surface area contributed by atoms with Crippen molar-refractivity contribution in [3.8, 4) is 5.75 Å². The molecule has 0 saturated heterocycles. The Kier molecular flexibility index (Phi) is 5.50. The van der Waals surface area contributed by atoms with Crippen LogP contribution in [-0.4, -0.2) is 7.11 Å². The Labute approximate surface area is 148 Å². The second kappa shape index (κ2) is 8.18. The first-order chi connectivity index (χ1) is 12.3. The minimum Gasteiger partial charge on any atom is -0.489 e. The summed E-state index contributed by atoms with van der Waals surface area (Å²) in [7, 11) is 1.66. The Hall–Kier alpha value is -3.04. The van der Waals surface area contributed by atoms with Crippen LogP contribution in [0.3, 0.4) is 0 Å². The second-order valence-corrected chi connectivity index (χ2v) is 5.54. The lowest BCUT2D eigenvalue weighted by molar-refractivity contribution is 0.201. The van der Waals surface area contributed by atoms with Crippen LogP contribution in [0.15, 0.2) is 85.4 Å². The minimum atomic E-state index is 0.531. The molecule has 0 aliphatic heterocycles. The van der Waals surface area contributed by atoms with Gasteiger partial charge in [0.15, 0.2) is 0 Å². The van der Waals surface area contributed by atoms with Gasteiger partial charge in [-0.3, -0.25) is 4.84 Å². The summed E-state index contributed by atoms with van der Waals surface area (Å²) in [6.07, 6.45) is 1.83. The van der Waals surface area contributed by atoms with Crippen molar-refractivity contribution in [2.75, 3.05) is 12.2 Å². The van der Waals surface area contributed by atoms with Crippen LogP contribution in [0.4, 0.5) is 11.4 Å². The molecule has 0 spiro atoms. The zero-order valence-electron chi connectivity index (χ0n) is 14.3. The zero-order valence-corrected chi connectivity index (χ0v) is 14.3. The normalized spacial score (nSPS) is 10.3. The molecule has 0 aliphatic rings. The Bertz CT molecular complexity index is 796. The van der Waals surface area contributed by atoms with E-state index in [-0.39, 0.29) is 0 Å². The third-order valence-corrected chi connectivity index (χ3v) is 3.87. The number of benzene rings is 3. The molecule has 0 aliphatic carbocycles. The molecule has 0 radical (unpaired) electrons. The highest BCUT2D eigenvalue weighted by Crippen LogP contribution is 2.27. The van der Waals surface area contributed by atoms with Gasteiger partial charge in [-0.15, -0.1) is 0 Å². The van der Waals surface area contributed by atoms with Gasteiger partial charge < -0.3 is 4.74 Å². The van der Waals surface area contributed by atoms with Crippen molar-refractivity contribution < 1.29 is 9.57 Å². The predicted octanol–water partition coefficient (Wildman–Crippen LogP) is 5.61. The van der Waals surface area contributed by atoms with Gasteiger partial charge in [0.2, 0.25) is 0 Å². The van der Waals surface area contributed by atoms with Crippen LogP contribution in [0.25, 0.3) is 6.08 Å². The standard InChI is InChI=1S/C22H21NO2/c1-3-18-9-11-19(12-10-18)17-25-22-15-13-21(14-16-22)23(24-2)20-7-5-4-6-8-20/h3-16H,1,17H2,2H3. The predicted molar refractivity (Wildman–Crippen MR) is 103 cm³/mol. The molecule has 0 heterocycles. The first-order valence-corrected chi connectivity index (χ1v) is 8.13. The van der Waals surface area contributed by atoms with Gasteiger partial charge in [0.05, 0.1) is 18.5 Å². The first-order valence-electron chi connectivity index (χ1n) is 8.13. The minimum absolute atomic E-state index is 0.531. The van der Waals surface area contributed by atoms with Gasteiger partial charge in [0.1, 0.15) is 12.4 Å². The summed E-state index contributed by atoms with van der Waals surface area (Å²) in [4.78, 5) is 5.50. The molecule has 3 rings (SSSR count). The number of ether oxygens (including phenoxy) is 1. The summed E-state index contributed by atoms with van der Waals surface area (Å²) in [5.41, 5.74) is 4.14. The van der Waals surface area contributed by atoms with E-state index in [1.807, 2.05) is 84.9 Å². The van der Waals surface area contributed by atoms with E-state index in [4.69, 9.17) is 9.57 Å². The van der Waals surface area contributed by atoms with E-state index in [2.05, 4.69) is 6.58 Å². The van der Waals surface area contributed by atoms with Crippen molar-refractivity contribution in [3.05, 3.63) is 96.6 Å². The summed E-state index contributed by atoms with van der Waals surface area (Å²) >= 11 is 0. The molecule has 0 unspecified atom stereocenters. The lowest BCUT2D eigenvalue weighted by Gasteiger charge is -2.22. The molecule has 0 aromatic heterocycles. The average molecular weight is 331 g/mol. The van der Waals surface area contributed by atoms with Crippen LogP contribution in [0.1, 0.15) is 11.1 Å². The lowest BCUT2D eigenvalue weighted by Crippen LogP contribution is -2.14. The van der Waals surface area contributed by atoms with Gasteiger partial charge in [0, 0.05) is 0 Å². The van der Waals surface area contributed by atoms with Crippen LogP contribution in [0, 0.1) is 0 Å². The van der Waals surface area contributed by atoms with Gasteiger partial charge in [-0.2, -0.15) is 0 Å². The van der Waals surface area contributed by atoms with Gasteiger partial charge in [-0.1, -0.05) is 55.1 Å². The maximum atomic E-state index is 5.85. The molecule has 3 nitrogen and oxygen atoms in total. The van der Waals surface area contributed by atoms with Crippen LogP contribution < -0.4 is 9.80 Å². The summed E-state index contributed by atoms with van der Waals surface area (Å²) in [5.74, 6) is 0.820. The molecular formula is C22H21NO2. The molecule has 0 bridgehead atoms. The van der Waals surface area contributed by atoms with E-state index in [1.54, 1.807) is 12.2 Å². The largest absolute Gasteiger partial charge is 0.489 e. The SMILES string of the molecule is C=Cc1ccc(COc2ccc(N(OC)c3ccccc3)cc2)cc1. The maximum absolute atomic E-state index is 5.85. The summed E-state index contributed by atoms with van der Waals surface area (Å²) in [6.45, 7) is 4.29. The Morgan fingerprint density at radius 2 is 1.48 bits per heavy atom. The van der Waals surface area contributed by atoms with E-state index in [0.717, 1.165) is 28.3 Å². The van der Waals surface area contributed by atoms with Crippen molar-refractivity contribution in [1.82, 2.24) is 0 Å². The van der Waals surface area contributed by atoms with Gasteiger partial charge in [-0.05, 0) is 47.5 Å². The third kappa shape index (κ3) is 4.28. The third-order valence-electron chi connectivity index (χ3n) is 3.87. The Morgan fingerprint density at radius 1 is 0.840 bits per heavy atom. The molecule has 3 aromatic carbocycles. The highest BCUT2D eigenvalue weighted by molar-refractivity contribution is 5.61. The fraction of sp³-hybridized carbons (Fsp3) is 0.0909. The van der Waals surface area contributed by atoms with E-state index in [1.165, 1.54) is 0 Å². The van der Waals surface area contributed by atoms with E-state index in [9.17, 15) is 0 Å². The van der Waals surface area contributed by atoms with Gasteiger partial charge in [-0.25, -0.2) is 5.06 Å². The van der Waals surface area contributed by atoms with E-state index < -0.39 is 0 Å². The van der Waals surface area contributed by atoms with Crippen LogP contribution in [0.2, 0.25) is 0 Å². The van der Waals surface area contributed by atoms with E-state index >= 15 is 0 Å². The summed E-state index contributed by atoms with van der Waals surface area (Å²) < 4.78 is 5.85. The Balaban J connectivity index is 1.66. The molecule has 25 heavy (non-hydrogen) atoms. The molecular weight excluding hydrogens is 310 g/mol. The topological polar surface area (TPSA) is 21.7 Å². The molecule has 3 aromatic rings. The maximum Gasteiger partial charge on any atom is 0.119 e. The van der Waals surface area contributed by atoms with Crippen LogP contribution >= 0.6 is 0 Å². The molecule has 0 amide bonds. The number of hydrogen-bond acceptors (Lipinski definition) is 3. The molecule has 3 heteroatoms. The van der Waals surface area contributed by atoms with Crippen molar-refractivity contribution in [2.45, 2.75) is 6.61 Å².